The third-order valence-corrected chi connectivity index (χ3v) is 5.63. The minimum absolute atomic E-state index is 0.125. The monoisotopic (exact) mass is 345 g/mol. The Morgan fingerprint density at radius 3 is 2.08 bits per heavy atom. The molecule has 0 aromatic heterocycles. The highest BCUT2D eigenvalue weighted by atomic mass is 16.5. The molecule has 1 amide bonds. The van der Waals surface area contributed by atoms with Gasteiger partial charge in [0.1, 0.15) is 11.5 Å². The number of methoxy groups -OCH3 is 1. The first kappa shape index (κ1) is 18.1. The molecule has 1 aromatic rings. The molecule has 0 bridgehead atoms. The first-order valence-corrected chi connectivity index (χ1v) is 9.86. The molecule has 0 radical (unpaired) electrons. The van der Waals surface area contributed by atoms with Gasteiger partial charge in [-0.2, -0.15) is 0 Å². The lowest BCUT2D eigenvalue weighted by Gasteiger charge is -2.41. The van der Waals surface area contributed by atoms with Crippen molar-refractivity contribution >= 4 is 5.91 Å². The Bertz CT molecular complexity index is 530. The smallest absolute Gasteiger partial charge is 0.261 e. The quantitative estimate of drug-likeness (QED) is 0.758. The van der Waals surface area contributed by atoms with Crippen LogP contribution in [0.15, 0.2) is 24.3 Å². The third kappa shape index (κ3) is 4.90. The Morgan fingerprint density at radius 1 is 0.960 bits per heavy atom. The van der Waals surface area contributed by atoms with Crippen molar-refractivity contribution in [3.63, 3.8) is 0 Å². The number of benzene rings is 1. The van der Waals surface area contributed by atoms with Crippen molar-refractivity contribution in [2.45, 2.75) is 76.3 Å². The van der Waals surface area contributed by atoms with Crippen molar-refractivity contribution in [2.75, 3.05) is 13.7 Å². The lowest BCUT2D eigenvalue weighted by Crippen LogP contribution is -2.50. The molecule has 2 saturated carbocycles. The third-order valence-electron chi connectivity index (χ3n) is 5.63. The largest absolute Gasteiger partial charge is 0.497 e. The van der Waals surface area contributed by atoms with Crippen LogP contribution in [0.3, 0.4) is 0 Å². The Balaban J connectivity index is 1.65. The Kier molecular flexibility index (Phi) is 6.60. The Morgan fingerprint density at radius 2 is 1.52 bits per heavy atom. The van der Waals surface area contributed by atoms with Gasteiger partial charge in [-0.15, -0.1) is 0 Å². The van der Waals surface area contributed by atoms with E-state index < -0.39 is 0 Å². The van der Waals surface area contributed by atoms with Crippen LogP contribution in [0.2, 0.25) is 0 Å². The van der Waals surface area contributed by atoms with Gasteiger partial charge in [-0.3, -0.25) is 4.79 Å². The van der Waals surface area contributed by atoms with Gasteiger partial charge in [0.25, 0.3) is 5.91 Å². The van der Waals surface area contributed by atoms with Crippen LogP contribution in [0.4, 0.5) is 0 Å². The minimum Gasteiger partial charge on any atom is -0.497 e. The highest BCUT2D eigenvalue weighted by Gasteiger charge is 2.32. The van der Waals surface area contributed by atoms with Gasteiger partial charge in [-0.25, -0.2) is 0 Å². The average molecular weight is 345 g/mol. The zero-order valence-electron chi connectivity index (χ0n) is 15.4. The number of nitrogens with zero attached hydrogens (tertiary/aromatic N) is 1. The standard InChI is InChI=1S/C21H31NO3/c1-24-19-13-8-14-20(15-19)25-16-21(23)22(17-9-4-2-5-10-17)18-11-6-3-7-12-18/h8,13-15,17-18H,2-7,9-12,16H2,1H3. The van der Waals surface area contributed by atoms with E-state index in [4.69, 9.17) is 9.47 Å². The molecule has 0 N–H and O–H groups in total. The van der Waals surface area contributed by atoms with Crippen molar-refractivity contribution in [3.8, 4) is 11.5 Å². The average Bonchev–Trinajstić information content (AvgIpc) is 2.68. The van der Waals surface area contributed by atoms with Gasteiger partial charge < -0.3 is 14.4 Å². The zero-order chi connectivity index (χ0) is 17.5. The summed E-state index contributed by atoms with van der Waals surface area (Å²) < 4.78 is 11.0. The predicted octanol–water partition coefficient (Wildman–Crippen LogP) is 4.57. The molecule has 0 saturated heterocycles. The molecular formula is C21H31NO3. The summed E-state index contributed by atoms with van der Waals surface area (Å²) in [4.78, 5) is 15.2. The van der Waals surface area contributed by atoms with Crippen molar-refractivity contribution in [1.29, 1.82) is 0 Å². The fourth-order valence-corrected chi connectivity index (χ4v) is 4.33. The molecule has 0 aliphatic heterocycles. The minimum atomic E-state index is 0.125. The summed E-state index contributed by atoms with van der Waals surface area (Å²) in [6.45, 7) is 0.125. The summed E-state index contributed by atoms with van der Waals surface area (Å²) >= 11 is 0. The number of ether oxygens (including phenoxy) is 2. The first-order valence-electron chi connectivity index (χ1n) is 9.86. The van der Waals surface area contributed by atoms with Gasteiger partial charge in [0.2, 0.25) is 0 Å². The van der Waals surface area contributed by atoms with Crippen molar-refractivity contribution in [1.82, 2.24) is 4.90 Å². The number of amides is 1. The second kappa shape index (κ2) is 9.12. The van der Waals surface area contributed by atoms with Gasteiger partial charge in [0, 0.05) is 18.2 Å². The SMILES string of the molecule is COc1cccc(OCC(=O)N(C2CCCCC2)C2CCCCC2)c1. The molecule has 2 fully saturated rings. The molecule has 2 aliphatic rings. The predicted molar refractivity (Wildman–Crippen MR) is 99.1 cm³/mol. The van der Waals surface area contributed by atoms with Crippen molar-refractivity contribution in [2.24, 2.45) is 0 Å². The van der Waals surface area contributed by atoms with Crippen LogP contribution in [0.5, 0.6) is 11.5 Å². The van der Waals surface area contributed by atoms with Gasteiger partial charge in [-0.05, 0) is 37.8 Å². The molecule has 138 valence electrons. The number of carbonyl (C=O) groups excluding carboxylic acids is 1. The van der Waals surface area contributed by atoms with Crippen LogP contribution in [-0.2, 0) is 4.79 Å². The van der Waals surface area contributed by atoms with E-state index >= 15 is 0 Å². The molecule has 25 heavy (non-hydrogen) atoms. The zero-order valence-corrected chi connectivity index (χ0v) is 15.4. The van der Waals surface area contributed by atoms with E-state index in [2.05, 4.69) is 4.90 Å². The van der Waals surface area contributed by atoms with Gasteiger partial charge in [0.05, 0.1) is 7.11 Å². The molecule has 4 heteroatoms. The van der Waals surface area contributed by atoms with Gasteiger partial charge >= 0.3 is 0 Å². The Labute approximate surface area is 151 Å². The molecule has 0 atom stereocenters. The molecule has 2 aliphatic carbocycles. The normalized spacial score (nSPS) is 19.4. The second-order valence-electron chi connectivity index (χ2n) is 7.35. The van der Waals surface area contributed by atoms with Gasteiger partial charge in [-0.1, -0.05) is 44.6 Å². The van der Waals surface area contributed by atoms with Crippen molar-refractivity contribution in [3.05, 3.63) is 24.3 Å². The lowest BCUT2D eigenvalue weighted by atomic mass is 9.88. The molecule has 0 unspecified atom stereocenters. The summed E-state index contributed by atoms with van der Waals surface area (Å²) in [6.07, 6.45) is 12.2. The molecule has 3 rings (SSSR count). The van der Waals surface area contributed by atoms with E-state index in [-0.39, 0.29) is 12.5 Å². The highest BCUT2D eigenvalue weighted by Crippen LogP contribution is 2.30. The second-order valence-corrected chi connectivity index (χ2v) is 7.35. The topological polar surface area (TPSA) is 38.8 Å². The molecule has 1 aromatic carbocycles. The van der Waals surface area contributed by atoms with Crippen LogP contribution in [0.1, 0.15) is 64.2 Å². The van der Waals surface area contributed by atoms with E-state index in [1.165, 1.54) is 38.5 Å². The molecule has 0 heterocycles. The van der Waals surface area contributed by atoms with E-state index in [0.29, 0.717) is 17.8 Å². The molecular weight excluding hydrogens is 314 g/mol. The fourth-order valence-electron chi connectivity index (χ4n) is 4.33. The summed E-state index contributed by atoms with van der Waals surface area (Å²) in [7, 11) is 1.64. The maximum Gasteiger partial charge on any atom is 0.261 e. The maximum atomic E-state index is 13.0. The fraction of sp³-hybridized carbons (Fsp3) is 0.667. The number of carbonyl (C=O) groups is 1. The number of hydrogen-bond donors (Lipinski definition) is 0. The molecule has 0 spiro atoms. The van der Waals surface area contributed by atoms with Crippen molar-refractivity contribution < 1.29 is 14.3 Å². The van der Waals surface area contributed by atoms with Crippen LogP contribution in [0, 0.1) is 0 Å². The van der Waals surface area contributed by atoms with E-state index in [9.17, 15) is 4.79 Å². The van der Waals surface area contributed by atoms with E-state index in [0.717, 1.165) is 31.4 Å². The Hall–Kier alpha value is -1.71. The van der Waals surface area contributed by atoms with Crippen LogP contribution in [-0.4, -0.2) is 36.6 Å². The first-order chi connectivity index (χ1) is 12.3. The van der Waals surface area contributed by atoms with E-state index in [1.54, 1.807) is 7.11 Å². The summed E-state index contributed by atoms with van der Waals surface area (Å²) in [5.74, 6) is 1.60. The summed E-state index contributed by atoms with van der Waals surface area (Å²) in [5.41, 5.74) is 0. The van der Waals surface area contributed by atoms with E-state index in [1.807, 2.05) is 24.3 Å². The maximum absolute atomic E-state index is 13.0. The van der Waals surface area contributed by atoms with Crippen LogP contribution < -0.4 is 9.47 Å². The van der Waals surface area contributed by atoms with Crippen LogP contribution in [0.25, 0.3) is 0 Å². The summed E-state index contributed by atoms with van der Waals surface area (Å²) in [6, 6.07) is 8.31. The van der Waals surface area contributed by atoms with Crippen LogP contribution >= 0.6 is 0 Å². The number of hydrogen-bond acceptors (Lipinski definition) is 3. The van der Waals surface area contributed by atoms with Gasteiger partial charge in [0.15, 0.2) is 6.61 Å². The summed E-state index contributed by atoms with van der Waals surface area (Å²) in [5, 5.41) is 0. The lowest BCUT2D eigenvalue weighted by molar-refractivity contribution is -0.140. The number of rotatable bonds is 6. The molecule has 4 nitrogen and oxygen atoms in total. The highest BCUT2D eigenvalue weighted by molar-refractivity contribution is 5.78.